The predicted octanol–water partition coefficient (Wildman–Crippen LogP) is 3.93. The van der Waals surface area contributed by atoms with Crippen molar-refractivity contribution in [2.24, 2.45) is 0 Å². The molecule has 0 aromatic heterocycles. The summed E-state index contributed by atoms with van der Waals surface area (Å²) in [7, 11) is 0. The molecule has 3 aliphatic rings. The molecular formula is C20H11ClO4. The van der Waals surface area contributed by atoms with E-state index in [0.29, 0.717) is 33.2 Å². The number of halogens is 1. The normalized spacial score (nSPS) is 23.1. The van der Waals surface area contributed by atoms with Gasteiger partial charge >= 0.3 is 5.97 Å². The van der Waals surface area contributed by atoms with Gasteiger partial charge in [-0.2, -0.15) is 0 Å². The lowest BCUT2D eigenvalue weighted by molar-refractivity contribution is -0.114. The Labute approximate surface area is 148 Å². The van der Waals surface area contributed by atoms with Gasteiger partial charge in [0.25, 0.3) is 0 Å². The van der Waals surface area contributed by atoms with Gasteiger partial charge in [-0.1, -0.05) is 35.9 Å². The summed E-state index contributed by atoms with van der Waals surface area (Å²) in [4.78, 5) is 24.4. The number of esters is 1. The van der Waals surface area contributed by atoms with Crippen LogP contribution in [0.3, 0.4) is 0 Å². The first-order chi connectivity index (χ1) is 12.1. The van der Waals surface area contributed by atoms with Crippen molar-refractivity contribution in [2.75, 3.05) is 0 Å². The lowest BCUT2D eigenvalue weighted by Gasteiger charge is -2.39. The molecule has 4 nitrogen and oxygen atoms in total. The van der Waals surface area contributed by atoms with Crippen molar-refractivity contribution in [1.29, 1.82) is 0 Å². The van der Waals surface area contributed by atoms with Crippen LogP contribution in [0.5, 0.6) is 5.75 Å². The molecule has 2 aromatic rings. The van der Waals surface area contributed by atoms with Crippen LogP contribution in [0.4, 0.5) is 0 Å². The molecule has 0 saturated heterocycles. The van der Waals surface area contributed by atoms with Gasteiger partial charge in [0.15, 0.2) is 11.4 Å². The number of carbonyl (C=O) groups is 2. The number of hydrogen-bond acceptors (Lipinski definition) is 4. The van der Waals surface area contributed by atoms with Crippen LogP contribution >= 0.6 is 11.6 Å². The number of ether oxygens (including phenoxy) is 2. The monoisotopic (exact) mass is 350 g/mol. The van der Waals surface area contributed by atoms with Gasteiger partial charge in [0.05, 0.1) is 5.56 Å². The Morgan fingerprint density at radius 3 is 2.76 bits per heavy atom. The van der Waals surface area contributed by atoms with E-state index in [2.05, 4.69) is 0 Å². The number of allylic oxidation sites excluding steroid dienone is 2. The number of ketones is 1. The van der Waals surface area contributed by atoms with Crippen LogP contribution in [0.25, 0.3) is 0 Å². The van der Waals surface area contributed by atoms with E-state index in [1.165, 1.54) is 6.08 Å². The maximum Gasteiger partial charge on any atom is 0.340 e. The quantitative estimate of drug-likeness (QED) is 0.675. The molecule has 1 aliphatic carbocycles. The van der Waals surface area contributed by atoms with E-state index >= 15 is 0 Å². The summed E-state index contributed by atoms with van der Waals surface area (Å²) in [6.45, 7) is 0. The zero-order valence-corrected chi connectivity index (χ0v) is 13.7. The second-order valence-electron chi connectivity index (χ2n) is 6.16. The summed E-state index contributed by atoms with van der Waals surface area (Å²) in [5.41, 5.74) is 1.43. The van der Waals surface area contributed by atoms with E-state index in [0.717, 1.165) is 5.56 Å². The third kappa shape index (κ3) is 1.83. The van der Waals surface area contributed by atoms with Crippen molar-refractivity contribution in [3.05, 3.63) is 87.7 Å². The molecule has 1 atom stereocenters. The van der Waals surface area contributed by atoms with E-state index in [-0.39, 0.29) is 12.2 Å². The van der Waals surface area contributed by atoms with Gasteiger partial charge in [-0.3, -0.25) is 4.79 Å². The van der Waals surface area contributed by atoms with Gasteiger partial charge in [0.2, 0.25) is 0 Å². The van der Waals surface area contributed by atoms with Crippen LogP contribution in [0.15, 0.2) is 65.9 Å². The molecule has 0 N–H and O–H groups in total. The molecule has 1 spiro atoms. The molecule has 25 heavy (non-hydrogen) atoms. The van der Waals surface area contributed by atoms with E-state index in [1.54, 1.807) is 36.4 Å². The molecular weight excluding hydrogens is 340 g/mol. The molecule has 0 fully saturated rings. The highest BCUT2D eigenvalue weighted by atomic mass is 35.5. The van der Waals surface area contributed by atoms with E-state index in [9.17, 15) is 9.59 Å². The van der Waals surface area contributed by atoms with E-state index < -0.39 is 11.6 Å². The standard InChI is InChI=1S/C20H11ClO4/c21-11-5-8-17-16(9-11)20(15-7-6-12(22)10-18(15)24-17)14-4-2-1-3-13(14)19(23)25-20/h1-5,7-10H,6H2. The molecule has 2 aromatic carbocycles. The van der Waals surface area contributed by atoms with Gasteiger partial charge in [0, 0.05) is 34.2 Å². The lowest BCUT2D eigenvalue weighted by Crippen LogP contribution is -2.37. The van der Waals surface area contributed by atoms with Gasteiger partial charge in [-0.25, -0.2) is 4.79 Å². The highest BCUT2D eigenvalue weighted by Gasteiger charge is 2.55. The number of fused-ring (bicyclic) bond motifs is 6. The highest BCUT2D eigenvalue weighted by molar-refractivity contribution is 6.30. The molecule has 0 radical (unpaired) electrons. The minimum atomic E-state index is -1.14. The van der Waals surface area contributed by atoms with Gasteiger partial charge < -0.3 is 9.47 Å². The number of rotatable bonds is 0. The predicted molar refractivity (Wildman–Crippen MR) is 90.5 cm³/mol. The van der Waals surface area contributed by atoms with Crippen LogP contribution in [-0.2, 0) is 15.1 Å². The van der Waals surface area contributed by atoms with Crippen molar-refractivity contribution in [2.45, 2.75) is 12.0 Å². The first-order valence-electron chi connectivity index (χ1n) is 7.86. The molecule has 122 valence electrons. The average molecular weight is 351 g/mol. The maximum absolute atomic E-state index is 12.6. The average Bonchev–Trinajstić information content (AvgIpc) is 2.90. The zero-order chi connectivity index (χ0) is 17.2. The summed E-state index contributed by atoms with van der Waals surface area (Å²) in [6, 6.07) is 12.4. The van der Waals surface area contributed by atoms with Gasteiger partial charge in [-0.15, -0.1) is 0 Å². The molecule has 2 aliphatic heterocycles. The lowest BCUT2D eigenvalue weighted by atomic mass is 9.75. The molecule has 5 heteroatoms. The Hall–Kier alpha value is -2.85. The number of hydrogen-bond donors (Lipinski definition) is 0. The van der Waals surface area contributed by atoms with Crippen molar-refractivity contribution >= 4 is 23.4 Å². The zero-order valence-electron chi connectivity index (χ0n) is 12.9. The van der Waals surface area contributed by atoms with Crippen LogP contribution in [0, 0.1) is 0 Å². The van der Waals surface area contributed by atoms with Gasteiger partial charge in [0.1, 0.15) is 11.5 Å². The minimum Gasteiger partial charge on any atom is -0.456 e. The molecule has 2 heterocycles. The largest absolute Gasteiger partial charge is 0.456 e. The van der Waals surface area contributed by atoms with Crippen LogP contribution in [-0.4, -0.2) is 11.8 Å². The minimum absolute atomic E-state index is 0.0519. The van der Waals surface area contributed by atoms with Crippen LogP contribution < -0.4 is 4.74 Å². The smallest absolute Gasteiger partial charge is 0.340 e. The SMILES string of the molecule is O=C1C=C2Oc3ccc(Cl)cc3C3(OC(=O)c4ccccc43)C2=CC1. The first-order valence-corrected chi connectivity index (χ1v) is 8.23. The molecule has 1 unspecified atom stereocenters. The topological polar surface area (TPSA) is 52.6 Å². The Balaban J connectivity index is 1.90. The third-order valence-corrected chi connectivity index (χ3v) is 4.99. The van der Waals surface area contributed by atoms with Gasteiger partial charge in [-0.05, 0) is 24.3 Å². The summed E-state index contributed by atoms with van der Waals surface area (Å²) in [6.07, 6.45) is 3.47. The fraction of sp³-hybridized carbons (Fsp3) is 0.100. The van der Waals surface area contributed by atoms with Crippen molar-refractivity contribution in [3.8, 4) is 5.75 Å². The number of benzene rings is 2. The summed E-state index contributed by atoms with van der Waals surface area (Å²) < 4.78 is 11.9. The van der Waals surface area contributed by atoms with Crippen LogP contribution in [0.2, 0.25) is 5.02 Å². The highest BCUT2D eigenvalue weighted by Crippen LogP contribution is 2.56. The second kappa shape index (κ2) is 4.83. The van der Waals surface area contributed by atoms with E-state index in [4.69, 9.17) is 21.1 Å². The Kier molecular flexibility index (Phi) is 2.80. The van der Waals surface area contributed by atoms with Crippen LogP contribution in [0.1, 0.15) is 27.9 Å². The summed E-state index contributed by atoms with van der Waals surface area (Å²) in [5, 5.41) is 0.516. The fourth-order valence-corrected chi connectivity index (χ4v) is 3.91. The number of carbonyl (C=O) groups excluding carboxylic acids is 2. The van der Waals surface area contributed by atoms with Crippen molar-refractivity contribution in [3.63, 3.8) is 0 Å². The van der Waals surface area contributed by atoms with E-state index in [1.807, 2.05) is 12.1 Å². The van der Waals surface area contributed by atoms with Crippen molar-refractivity contribution < 1.29 is 19.1 Å². The molecule has 5 rings (SSSR count). The molecule has 0 amide bonds. The Morgan fingerprint density at radius 1 is 1.04 bits per heavy atom. The first kappa shape index (κ1) is 14.5. The second-order valence-corrected chi connectivity index (χ2v) is 6.59. The third-order valence-electron chi connectivity index (χ3n) is 4.76. The summed E-state index contributed by atoms with van der Waals surface area (Å²) >= 11 is 6.22. The molecule has 0 bridgehead atoms. The fourth-order valence-electron chi connectivity index (χ4n) is 3.73. The Bertz CT molecular complexity index is 1030. The summed E-state index contributed by atoms with van der Waals surface area (Å²) in [5.74, 6) is 0.479. The Morgan fingerprint density at radius 2 is 1.88 bits per heavy atom. The molecule has 0 saturated carbocycles. The van der Waals surface area contributed by atoms with Crippen molar-refractivity contribution in [1.82, 2.24) is 0 Å². The maximum atomic E-state index is 12.6.